The van der Waals surface area contributed by atoms with Crippen LogP contribution in [0, 0.1) is 5.92 Å². The van der Waals surface area contributed by atoms with Crippen molar-refractivity contribution in [1.82, 2.24) is 5.32 Å². The number of hydrogen-bond donors (Lipinski definition) is 2. The van der Waals surface area contributed by atoms with Crippen molar-refractivity contribution in [2.75, 3.05) is 13.2 Å². The van der Waals surface area contributed by atoms with E-state index in [-0.39, 0.29) is 12.5 Å². The summed E-state index contributed by atoms with van der Waals surface area (Å²) in [6, 6.07) is 5.52. The third-order valence-corrected chi connectivity index (χ3v) is 4.16. The van der Waals surface area contributed by atoms with Gasteiger partial charge in [-0.2, -0.15) is 0 Å². The van der Waals surface area contributed by atoms with Gasteiger partial charge in [-0.3, -0.25) is 4.79 Å². The number of benzene rings is 1. The van der Waals surface area contributed by atoms with Gasteiger partial charge < -0.3 is 15.2 Å². The lowest BCUT2D eigenvalue weighted by Gasteiger charge is -2.28. The number of fused-ring (bicyclic) bond motifs is 1. The number of hydrogen-bond acceptors (Lipinski definition) is 3. The van der Waals surface area contributed by atoms with Gasteiger partial charge in [0.25, 0.3) is 5.91 Å². The molecule has 1 fully saturated rings. The smallest absolute Gasteiger partial charge is 0.251 e. The molecule has 0 spiro atoms. The summed E-state index contributed by atoms with van der Waals surface area (Å²) in [6.07, 6.45) is 3.01. The van der Waals surface area contributed by atoms with Gasteiger partial charge in [-0.1, -0.05) is 0 Å². The van der Waals surface area contributed by atoms with E-state index in [0.29, 0.717) is 18.1 Å². The van der Waals surface area contributed by atoms with Gasteiger partial charge in [0.05, 0.1) is 18.8 Å². The zero-order valence-corrected chi connectivity index (χ0v) is 11.1. The zero-order valence-electron chi connectivity index (χ0n) is 11.1. The molecule has 1 aliphatic heterocycles. The molecule has 0 saturated heterocycles. The average Bonchev–Trinajstić information content (AvgIpc) is 3.17. The van der Waals surface area contributed by atoms with Gasteiger partial charge in [0.2, 0.25) is 0 Å². The number of carbonyl (C=O) groups excluding carboxylic acids is 1. The van der Waals surface area contributed by atoms with Crippen LogP contribution in [0.15, 0.2) is 18.2 Å². The van der Waals surface area contributed by atoms with Crippen molar-refractivity contribution in [3.8, 4) is 5.75 Å². The molecular weight excluding hydrogens is 242 g/mol. The second kappa shape index (κ2) is 4.53. The molecule has 2 N–H and O–H groups in total. The molecule has 1 aromatic carbocycles. The summed E-state index contributed by atoms with van der Waals surface area (Å²) in [5, 5.41) is 12.5. The maximum Gasteiger partial charge on any atom is 0.251 e. The monoisotopic (exact) mass is 261 g/mol. The highest BCUT2D eigenvalue weighted by Crippen LogP contribution is 2.39. The Balaban J connectivity index is 1.76. The molecule has 1 amide bonds. The predicted molar refractivity (Wildman–Crippen MR) is 71.3 cm³/mol. The first-order valence-corrected chi connectivity index (χ1v) is 6.81. The fraction of sp³-hybridized carbons (Fsp3) is 0.533. The van der Waals surface area contributed by atoms with Crippen molar-refractivity contribution >= 4 is 5.91 Å². The number of carbonyl (C=O) groups is 1. The number of aliphatic hydroxyl groups excluding tert-OH is 1. The topological polar surface area (TPSA) is 58.6 Å². The highest BCUT2D eigenvalue weighted by atomic mass is 16.5. The van der Waals surface area contributed by atoms with Gasteiger partial charge in [-0.15, -0.1) is 0 Å². The molecule has 0 bridgehead atoms. The first kappa shape index (κ1) is 12.5. The van der Waals surface area contributed by atoms with Crippen molar-refractivity contribution < 1.29 is 14.6 Å². The van der Waals surface area contributed by atoms with Crippen LogP contribution in [0.25, 0.3) is 0 Å². The highest BCUT2D eigenvalue weighted by Gasteiger charge is 2.42. The van der Waals surface area contributed by atoms with E-state index in [4.69, 9.17) is 4.74 Å². The lowest BCUT2D eigenvalue weighted by molar-refractivity contribution is 0.0824. The van der Waals surface area contributed by atoms with E-state index in [1.807, 2.05) is 19.1 Å². The summed E-state index contributed by atoms with van der Waals surface area (Å²) in [5.41, 5.74) is 1.24. The Morgan fingerprint density at radius 1 is 1.53 bits per heavy atom. The van der Waals surface area contributed by atoms with Crippen LogP contribution in [0.2, 0.25) is 0 Å². The Kier molecular flexibility index (Phi) is 2.97. The van der Waals surface area contributed by atoms with E-state index in [1.165, 1.54) is 0 Å². The standard InChI is InChI=1S/C15H19NO3/c1-15(9-17,12-3-4-12)16-14(18)11-2-5-13-10(8-11)6-7-19-13/h2,5,8,12,17H,3-4,6-7,9H2,1H3,(H,16,18). The van der Waals surface area contributed by atoms with Crippen LogP contribution in [0.4, 0.5) is 0 Å². The van der Waals surface area contributed by atoms with Crippen molar-refractivity contribution in [3.05, 3.63) is 29.3 Å². The largest absolute Gasteiger partial charge is 0.493 e. The van der Waals surface area contributed by atoms with Crippen molar-refractivity contribution in [3.63, 3.8) is 0 Å². The number of amides is 1. The van der Waals surface area contributed by atoms with Crippen molar-refractivity contribution in [2.45, 2.75) is 31.7 Å². The molecule has 1 saturated carbocycles. The second-order valence-electron chi connectivity index (χ2n) is 5.72. The highest BCUT2D eigenvalue weighted by molar-refractivity contribution is 5.95. The van der Waals surface area contributed by atoms with Crippen LogP contribution in [-0.2, 0) is 6.42 Å². The first-order chi connectivity index (χ1) is 9.12. The van der Waals surface area contributed by atoms with Crippen LogP contribution < -0.4 is 10.1 Å². The fourth-order valence-corrected chi connectivity index (χ4v) is 2.65. The van der Waals surface area contributed by atoms with Crippen LogP contribution in [0.5, 0.6) is 5.75 Å². The maximum atomic E-state index is 12.3. The van der Waals surface area contributed by atoms with Gasteiger partial charge in [-0.05, 0) is 49.4 Å². The summed E-state index contributed by atoms with van der Waals surface area (Å²) in [7, 11) is 0. The van der Waals surface area contributed by atoms with Crippen LogP contribution in [0.1, 0.15) is 35.7 Å². The summed E-state index contributed by atoms with van der Waals surface area (Å²) in [5.74, 6) is 1.17. The Morgan fingerprint density at radius 2 is 2.32 bits per heavy atom. The summed E-state index contributed by atoms with van der Waals surface area (Å²) < 4.78 is 5.43. The number of ether oxygens (including phenoxy) is 1. The van der Waals surface area contributed by atoms with E-state index < -0.39 is 5.54 Å². The fourth-order valence-electron chi connectivity index (χ4n) is 2.65. The molecule has 1 atom stereocenters. The lowest BCUT2D eigenvalue weighted by Crippen LogP contribution is -2.50. The normalized spacial score (nSPS) is 20.3. The predicted octanol–water partition coefficient (Wildman–Crippen LogP) is 1.51. The summed E-state index contributed by atoms with van der Waals surface area (Å²) >= 11 is 0. The number of rotatable bonds is 4. The molecule has 1 heterocycles. The van der Waals surface area contributed by atoms with Crippen LogP contribution >= 0.6 is 0 Å². The minimum absolute atomic E-state index is 0.0164. The number of nitrogens with one attached hydrogen (secondary N) is 1. The second-order valence-corrected chi connectivity index (χ2v) is 5.72. The molecule has 1 unspecified atom stereocenters. The third-order valence-electron chi connectivity index (χ3n) is 4.16. The third kappa shape index (κ3) is 2.32. The van der Waals surface area contributed by atoms with Gasteiger partial charge in [0.1, 0.15) is 5.75 Å². The van der Waals surface area contributed by atoms with Gasteiger partial charge >= 0.3 is 0 Å². The SMILES string of the molecule is CC(CO)(NC(=O)c1ccc2c(c1)CCO2)C1CC1. The van der Waals surface area contributed by atoms with Crippen LogP contribution in [-0.4, -0.2) is 29.8 Å². The molecule has 1 aliphatic carbocycles. The van der Waals surface area contributed by atoms with Crippen molar-refractivity contribution in [1.29, 1.82) is 0 Å². The Morgan fingerprint density at radius 3 is 3.00 bits per heavy atom. The van der Waals surface area contributed by atoms with E-state index in [1.54, 1.807) is 6.07 Å². The lowest BCUT2D eigenvalue weighted by atomic mass is 9.96. The Bertz CT molecular complexity index is 510. The quantitative estimate of drug-likeness (QED) is 0.863. The van der Waals surface area contributed by atoms with Gasteiger partial charge in [0.15, 0.2) is 0 Å². The Labute approximate surface area is 112 Å². The molecule has 102 valence electrons. The molecule has 0 aromatic heterocycles. The molecule has 3 rings (SSSR count). The molecule has 2 aliphatic rings. The first-order valence-electron chi connectivity index (χ1n) is 6.81. The van der Waals surface area contributed by atoms with Crippen molar-refractivity contribution in [2.24, 2.45) is 5.92 Å². The molecular formula is C15H19NO3. The molecule has 19 heavy (non-hydrogen) atoms. The van der Waals surface area contributed by atoms with E-state index in [0.717, 1.165) is 30.6 Å². The zero-order chi connectivity index (χ0) is 13.5. The van der Waals surface area contributed by atoms with E-state index in [9.17, 15) is 9.90 Å². The average molecular weight is 261 g/mol. The summed E-state index contributed by atoms with van der Waals surface area (Å²) in [6.45, 7) is 2.59. The molecule has 1 aromatic rings. The minimum Gasteiger partial charge on any atom is -0.493 e. The van der Waals surface area contributed by atoms with E-state index >= 15 is 0 Å². The Hall–Kier alpha value is -1.55. The summed E-state index contributed by atoms with van der Waals surface area (Å²) in [4.78, 5) is 12.3. The molecule has 4 heteroatoms. The molecule has 0 radical (unpaired) electrons. The van der Waals surface area contributed by atoms with E-state index in [2.05, 4.69) is 5.32 Å². The minimum atomic E-state index is -0.493. The number of aliphatic hydroxyl groups is 1. The van der Waals surface area contributed by atoms with Crippen LogP contribution in [0.3, 0.4) is 0 Å². The molecule has 4 nitrogen and oxygen atoms in total. The van der Waals surface area contributed by atoms with Gasteiger partial charge in [-0.25, -0.2) is 0 Å². The maximum absolute atomic E-state index is 12.3. The van der Waals surface area contributed by atoms with Gasteiger partial charge in [0, 0.05) is 12.0 Å².